The lowest BCUT2D eigenvalue weighted by atomic mass is 10.1. The smallest absolute Gasteiger partial charge is 0.133 e. The Kier molecular flexibility index (Phi) is 5.52. The third kappa shape index (κ3) is 4.48. The van der Waals surface area contributed by atoms with Crippen LogP contribution in [-0.4, -0.2) is 6.61 Å². The van der Waals surface area contributed by atoms with E-state index in [1.54, 1.807) is 0 Å². The molecule has 0 heterocycles. The van der Waals surface area contributed by atoms with Crippen LogP contribution in [0.5, 0.6) is 5.75 Å². The van der Waals surface area contributed by atoms with Crippen molar-refractivity contribution in [3.05, 3.63) is 30.3 Å². The molecule has 0 fully saturated rings. The Labute approximate surface area is 95.9 Å². The maximum Gasteiger partial charge on any atom is 0.133 e. The molecule has 0 spiro atoms. The van der Waals surface area contributed by atoms with E-state index in [0.717, 1.165) is 18.6 Å². The fourth-order valence-electron chi connectivity index (χ4n) is 1.32. The van der Waals surface area contributed by atoms with Gasteiger partial charge < -0.3 is 4.74 Å². The van der Waals surface area contributed by atoms with Gasteiger partial charge in [0.2, 0.25) is 0 Å². The van der Waals surface area contributed by atoms with Gasteiger partial charge in [-0.3, -0.25) is 0 Å². The van der Waals surface area contributed by atoms with Crippen molar-refractivity contribution in [3.8, 4) is 17.9 Å². The summed E-state index contributed by atoms with van der Waals surface area (Å²) in [6.07, 6.45) is 2.35. The predicted octanol–water partition coefficient (Wildman–Crippen LogP) is 2.90. The van der Waals surface area contributed by atoms with Crippen molar-refractivity contribution in [1.29, 1.82) is 10.5 Å². The Morgan fingerprint density at radius 3 is 2.38 bits per heavy atom. The summed E-state index contributed by atoms with van der Waals surface area (Å²) in [4.78, 5) is 0. The summed E-state index contributed by atoms with van der Waals surface area (Å²) in [6.45, 7) is 0.633. The summed E-state index contributed by atoms with van der Waals surface area (Å²) in [7, 11) is 0. The second kappa shape index (κ2) is 7.31. The van der Waals surface area contributed by atoms with Gasteiger partial charge in [-0.05, 0) is 31.4 Å². The van der Waals surface area contributed by atoms with Crippen LogP contribution in [0.15, 0.2) is 30.3 Å². The highest BCUT2D eigenvalue weighted by atomic mass is 16.5. The number of nitriles is 2. The first-order chi connectivity index (χ1) is 7.86. The Morgan fingerprint density at radius 2 is 1.75 bits per heavy atom. The first kappa shape index (κ1) is 12.1. The Bertz CT molecular complexity index is 361. The average Bonchev–Trinajstić information content (AvgIpc) is 2.35. The zero-order valence-corrected chi connectivity index (χ0v) is 9.10. The lowest BCUT2D eigenvalue weighted by Gasteiger charge is -2.05. The van der Waals surface area contributed by atoms with Gasteiger partial charge in [0.1, 0.15) is 11.7 Å². The Morgan fingerprint density at radius 1 is 1.06 bits per heavy atom. The van der Waals surface area contributed by atoms with Gasteiger partial charge in [0.15, 0.2) is 0 Å². The zero-order chi connectivity index (χ0) is 11.6. The fourth-order valence-corrected chi connectivity index (χ4v) is 1.32. The number of hydrogen-bond donors (Lipinski definition) is 0. The Balaban J connectivity index is 2.10. The minimum absolute atomic E-state index is 0.475. The number of unbranched alkanes of at least 4 members (excludes halogenated alkanes) is 1. The molecule has 0 radical (unpaired) electrons. The molecule has 0 aliphatic carbocycles. The van der Waals surface area contributed by atoms with Gasteiger partial charge in [-0.1, -0.05) is 18.2 Å². The van der Waals surface area contributed by atoms with E-state index in [1.165, 1.54) is 0 Å². The molecule has 0 unspecified atom stereocenters. The van der Waals surface area contributed by atoms with Crippen LogP contribution < -0.4 is 4.74 Å². The highest BCUT2D eigenvalue weighted by Crippen LogP contribution is 2.10. The molecule has 3 nitrogen and oxygen atoms in total. The molecule has 0 bridgehead atoms. The van der Waals surface area contributed by atoms with Crippen LogP contribution in [0.2, 0.25) is 0 Å². The van der Waals surface area contributed by atoms with Crippen molar-refractivity contribution in [2.45, 2.75) is 19.3 Å². The zero-order valence-electron chi connectivity index (χ0n) is 9.10. The van der Waals surface area contributed by atoms with Crippen LogP contribution in [0, 0.1) is 28.6 Å². The van der Waals surface area contributed by atoms with E-state index in [9.17, 15) is 0 Å². The molecule has 1 aromatic rings. The highest BCUT2D eigenvalue weighted by Gasteiger charge is 2.03. The van der Waals surface area contributed by atoms with E-state index in [2.05, 4.69) is 0 Å². The average molecular weight is 214 g/mol. The molecule has 0 saturated carbocycles. The van der Waals surface area contributed by atoms with Crippen LogP contribution in [0.1, 0.15) is 19.3 Å². The minimum Gasteiger partial charge on any atom is -0.494 e. The van der Waals surface area contributed by atoms with E-state index in [0.29, 0.717) is 13.0 Å². The fraction of sp³-hybridized carbons (Fsp3) is 0.385. The van der Waals surface area contributed by atoms with E-state index in [-0.39, 0.29) is 0 Å². The molecule has 1 rings (SSSR count). The molecule has 82 valence electrons. The van der Waals surface area contributed by atoms with Crippen molar-refractivity contribution in [2.24, 2.45) is 5.92 Å². The standard InChI is InChI=1S/C13H14N2O/c14-10-12(11-15)6-4-5-9-16-13-7-2-1-3-8-13/h1-3,7-8,12H,4-6,9H2. The molecular weight excluding hydrogens is 200 g/mol. The molecule has 0 aliphatic heterocycles. The molecule has 0 N–H and O–H groups in total. The SMILES string of the molecule is N#CC(C#N)CCCCOc1ccccc1. The molecule has 0 aliphatic rings. The van der Waals surface area contributed by atoms with E-state index in [1.807, 2.05) is 42.5 Å². The van der Waals surface area contributed by atoms with E-state index < -0.39 is 5.92 Å². The van der Waals surface area contributed by atoms with Crippen LogP contribution in [0.3, 0.4) is 0 Å². The largest absolute Gasteiger partial charge is 0.494 e. The summed E-state index contributed by atoms with van der Waals surface area (Å²) in [5.41, 5.74) is 0. The van der Waals surface area contributed by atoms with Gasteiger partial charge in [-0.25, -0.2) is 0 Å². The summed E-state index contributed by atoms with van der Waals surface area (Å²) in [5, 5.41) is 17.1. The number of nitrogens with zero attached hydrogens (tertiary/aromatic N) is 2. The lowest BCUT2D eigenvalue weighted by Crippen LogP contribution is -1.99. The molecule has 0 saturated heterocycles. The highest BCUT2D eigenvalue weighted by molar-refractivity contribution is 5.20. The molecule has 0 amide bonds. The van der Waals surface area contributed by atoms with E-state index in [4.69, 9.17) is 15.3 Å². The van der Waals surface area contributed by atoms with Gasteiger partial charge in [-0.2, -0.15) is 10.5 Å². The molecule has 16 heavy (non-hydrogen) atoms. The minimum atomic E-state index is -0.475. The molecule has 1 aromatic carbocycles. The van der Waals surface area contributed by atoms with Crippen LogP contribution in [-0.2, 0) is 0 Å². The second-order valence-electron chi connectivity index (χ2n) is 3.47. The van der Waals surface area contributed by atoms with Crippen molar-refractivity contribution < 1.29 is 4.74 Å². The van der Waals surface area contributed by atoms with Gasteiger partial charge in [0, 0.05) is 0 Å². The quantitative estimate of drug-likeness (QED) is 0.684. The maximum atomic E-state index is 8.56. The van der Waals surface area contributed by atoms with Gasteiger partial charge in [0.05, 0.1) is 18.7 Å². The molecule has 0 atom stereocenters. The normalized spacial score (nSPS) is 9.44. The van der Waals surface area contributed by atoms with E-state index >= 15 is 0 Å². The Hall–Kier alpha value is -2.00. The van der Waals surface area contributed by atoms with Crippen LogP contribution >= 0.6 is 0 Å². The molecular formula is C13H14N2O. The number of ether oxygens (including phenoxy) is 1. The van der Waals surface area contributed by atoms with Crippen molar-refractivity contribution in [3.63, 3.8) is 0 Å². The third-order valence-corrected chi connectivity index (χ3v) is 2.21. The second-order valence-corrected chi connectivity index (χ2v) is 3.47. The summed E-state index contributed by atoms with van der Waals surface area (Å²) in [6, 6.07) is 13.5. The number of rotatable bonds is 6. The number of benzene rings is 1. The summed E-state index contributed by atoms with van der Waals surface area (Å²) in [5.74, 6) is 0.386. The van der Waals surface area contributed by atoms with Crippen molar-refractivity contribution in [1.82, 2.24) is 0 Å². The number of para-hydroxylation sites is 1. The topological polar surface area (TPSA) is 56.8 Å². The van der Waals surface area contributed by atoms with Crippen molar-refractivity contribution in [2.75, 3.05) is 6.61 Å². The van der Waals surface area contributed by atoms with Crippen molar-refractivity contribution >= 4 is 0 Å². The molecule has 0 aromatic heterocycles. The van der Waals surface area contributed by atoms with Gasteiger partial charge in [-0.15, -0.1) is 0 Å². The summed E-state index contributed by atoms with van der Waals surface area (Å²) >= 11 is 0. The third-order valence-electron chi connectivity index (χ3n) is 2.21. The summed E-state index contributed by atoms with van der Waals surface area (Å²) < 4.78 is 5.49. The van der Waals surface area contributed by atoms with Crippen LogP contribution in [0.25, 0.3) is 0 Å². The van der Waals surface area contributed by atoms with Gasteiger partial charge >= 0.3 is 0 Å². The number of hydrogen-bond acceptors (Lipinski definition) is 3. The van der Waals surface area contributed by atoms with Gasteiger partial charge in [0.25, 0.3) is 0 Å². The predicted molar refractivity (Wildman–Crippen MR) is 60.5 cm³/mol. The molecule has 3 heteroatoms. The maximum absolute atomic E-state index is 8.56. The van der Waals surface area contributed by atoms with Crippen LogP contribution in [0.4, 0.5) is 0 Å². The first-order valence-electron chi connectivity index (χ1n) is 5.34. The lowest BCUT2D eigenvalue weighted by molar-refractivity contribution is 0.304. The first-order valence-corrected chi connectivity index (χ1v) is 5.34. The monoisotopic (exact) mass is 214 g/mol.